The highest BCUT2D eigenvalue weighted by atomic mass is 16.5. The van der Waals surface area contributed by atoms with Crippen LogP contribution >= 0.6 is 0 Å². The molecule has 0 spiro atoms. The molecule has 0 aromatic heterocycles. The summed E-state index contributed by atoms with van der Waals surface area (Å²) in [5, 5.41) is 0. The van der Waals surface area contributed by atoms with Gasteiger partial charge in [0.05, 0.1) is 26.1 Å². The number of benzene rings is 1. The van der Waals surface area contributed by atoms with Crippen LogP contribution in [0.4, 0.5) is 0 Å². The van der Waals surface area contributed by atoms with E-state index < -0.39 is 0 Å². The number of hydrogen-bond donors (Lipinski definition) is 0. The van der Waals surface area contributed by atoms with Gasteiger partial charge in [-0.3, -0.25) is 9.59 Å². The average Bonchev–Trinajstić information content (AvgIpc) is 2.53. The van der Waals surface area contributed by atoms with Crippen LogP contribution in [0.2, 0.25) is 0 Å². The Balaban J connectivity index is 2.57. The number of amides is 1. The van der Waals surface area contributed by atoms with Crippen molar-refractivity contribution in [3.8, 4) is 5.75 Å². The van der Waals surface area contributed by atoms with Gasteiger partial charge in [-0.05, 0) is 38.0 Å². The maximum Gasteiger partial charge on any atom is 0.307 e. The van der Waals surface area contributed by atoms with E-state index in [4.69, 9.17) is 9.47 Å². The zero-order chi connectivity index (χ0) is 17.1. The summed E-state index contributed by atoms with van der Waals surface area (Å²) in [4.78, 5) is 25.6. The minimum Gasteiger partial charge on any atom is -0.494 e. The van der Waals surface area contributed by atoms with Crippen LogP contribution in [0.3, 0.4) is 0 Å². The summed E-state index contributed by atoms with van der Waals surface area (Å²) < 4.78 is 10.3. The van der Waals surface area contributed by atoms with Crippen molar-refractivity contribution in [1.29, 1.82) is 0 Å². The van der Waals surface area contributed by atoms with E-state index in [-0.39, 0.29) is 18.3 Å². The first-order valence-electron chi connectivity index (χ1n) is 8.25. The summed E-state index contributed by atoms with van der Waals surface area (Å²) in [5.41, 5.74) is 0.940. The molecule has 1 aromatic rings. The Bertz CT molecular complexity index is 484. The van der Waals surface area contributed by atoms with Crippen LogP contribution in [0.25, 0.3) is 0 Å². The van der Waals surface area contributed by atoms with E-state index in [9.17, 15) is 9.59 Å². The zero-order valence-electron chi connectivity index (χ0n) is 14.3. The Morgan fingerprint density at radius 1 is 1.00 bits per heavy atom. The van der Waals surface area contributed by atoms with Crippen LogP contribution in [0.5, 0.6) is 5.75 Å². The van der Waals surface area contributed by atoms with Crippen LogP contribution in [0.1, 0.15) is 39.2 Å². The van der Waals surface area contributed by atoms with Gasteiger partial charge in [0.15, 0.2) is 0 Å². The lowest BCUT2D eigenvalue weighted by molar-refractivity contribution is -0.144. The van der Waals surface area contributed by atoms with Gasteiger partial charge < -0.3 is 14.4 Å². The van der Waals surface area contributed by atoms with Crippen molar-refractivity contribution in [3.05, 3.63) is 29.8 Å². The van der Waals surface area contributed by atoms with E-state index >= 15 is 0 Å². The molecule has 1 rings (SSSR count). The van der Waals surface area contributed by atoms with Gasteiger partial charge in [0.25, 0.3) is 0 Å². The highest BCUT2D eigenvalue weighted by Gasteiger charge is 2.15. The monoisotopic (exact) mass is 321 g/mol. The number of ether oxygens (including phenoxy) is 2. The van der Waals surface area contributed by atoms with Crippen LogP contribution in [-0.4, -0.2) is 43.1 Å². The normalized spacial score (nSPS) is 10.2. The highest BCUT2D eigenvalue weighted by molar-refractivity contribution is 5.79. The highest BCUT2D eigenvalue weighted by Crippen LogP contribution is 2.13. The third-order valence-corrected chi connectivity index (χ3v) is 3.33. The molecule has 0 unspecified atom stereocenters. The number of rotatable bonds is 10. The van der Waals surface area contributed by atoms with Gasteiger partial charge in [0.2, 0.25) is 5.91 Å². The molecular formula is C18H27NO4. The lowest BCUT2D eigenvalue weighted by Crippen LogP contribution is -2.35. The van der Waals surface area contributed by atoms with Gasteiger partial charge in [0, 0.05) is 13.1 Å². The van der Waals surface area contributed by atoms with Crippen LogP contribution in [0.15, 0.2) is 24.3 Å². The lowest BCUT2D eigenvalue weighted by Gasteiger charge is -2.22. The summed E-state index contributed by atoms with van der Waals surface area (Å²) in [5.74, 6) is 0.569. The smallest absolute Gasteiger partial charge is 0.307 e. The number of nitrogens with zero attached hydrogens (tertiary/aromatic N) is 1. The van der Waals surface area contributed by atoms with Crippen LogP contribution in [0, 0.1) is 0 Å². The lowest BCUT2D eigenvalue weighted by atomic mass is 10.1. The molecule has 0 saturated carbocycles. The Labute approximate surface area is 138 Å². The maximum atomic E-state index is 12.4. The Morgan fingerprint density at radius 3 is 2.26 bits per heavy atom. The molecule has 5 nitrogen and oxygen atoms in total. The second-order valence-corrected chi connectivity index (χ2v) is 5.19. The van der Waals surface area contributed by atoms with E-state index in [1.54, 1.807) is 11.8 Å². The molecular weight excluding hydrogens is 294 g/mol. The molecule has 0 aliphatic heterocycles. The quantitative estimate of drug-likeness (QED) is 0.622. The van der Waals surface area contributed by atoms with E-state index in [1.807, 2.05) is 38.1 Å². The standard InChI is InChI=1S/C18H27NO4/c1-4-12-19(13-11-18(21)23-6-3)17(20)14-15-7-9-16(10-8-15)22-5-2/h7-10H,4-6,11-14H2,1-3H3. The summed E-state index contributed by atoms with van der Waals surface area (Å²) >= 11 is 0. The second kappa shape index (κ2) is 10.6. The number of hydrogen-bond acceptors (Lipinski definition) is 4. The topological polar surface area (TPSA) is 55.8 Å². The molecule has 0 radical (unpaired) electrons. The Hall–Kier alpha value is -2.04. The average molecular weight is 321 g/mol. The predicted octanol–water partition coefficient (Wildman–Crippen LogP) is 2.82. The van der Waals surface area contributed by atoms with E-state index in [1.165, 1.54) is 0 Å². The summed E-state index contributed by atoms with van der Waals surface area (Å²) in [6.45, 7) is 7.77. The summed E-state index contributed by atoms with van der Waals surface area (Å²) in [6, 6.07) is 7.54. The first-order valence-corrected chi connectivity index (χ1v) is 8.25. The van der Waals surface area contributed by atoms with Gasteiger partial charge >= 0.3 is 5.97 Å². The molecule has 0 saturated heterocycles. The predicted molar refractivity (Wildman–Crippen MR) is 89.4 cm³/mol. The molecule has 0 N–H and O–H groups in total. The van der Waals surface area contributed by atoms with Crippen LogP contribution in [-0.2, 0) is 20.7 Å². The van der Waals surface area contributed by atoms with Crippen molar-refractivity contribution in [3.63, 3.8) is 0 Å². The van der Waals surface area contributed by atoms with E-state index in [0.29, 0.717) is 32.7 Å². The molecule has 0 aliphatic carbocycles. The van der Waals surface area contributed by atoms with Crippen molar-refractivity contribution < 1.29 is 19.1 Å². The zero-order valence-corrected chi connectivity index (χ0v) is 14.3. The molecule has 23 heavy (non-hydrogen) atoms. The van der Waals surface area contributed by atoms with Crippen molar-refractivity contribution >= 4 is 11.9 Å². The van der Waals surface area contributed by atoms with E-state index in [2.05, 4.69) is 0 Å². The second-order valence-electron chi connectivity index (χ2n) is 5.19. The molecule has 128 valence electrons. The Morgan fingerprint density at radius 2 is 1.70 bits per heavy atom. The SMILES string of the molecule is CCCN(CCC(=O)OCC)C(=O)Cc1ccc(OCC)cc1. The Kier molecular flexibility index (Phi) is 8.80. The summed E-state index contributed by atoms with van der Waals surface area (Å²) in [7, 11) is 0. The van der Waals surface area contributed by atoms with Gasteiger partial charge in [-0.1, -0.05) is 19.1 Å². The van der Waals surface area contributed by atoms with E-state index in [0.717, 1.165) is 17.7 Å². The first-order chi connectivity index (χ1) is 11.1. The molecule has 0 bridgehead atoms. The van der Waals surface area contributed by atoms with Crippen molar-refractivity contribution in [2.75, 3.05) is 26.3 Å². The van der Waals surface area contributed by atoms with Crippen molar-refractivity contribution in [2.24, 2.45) is 0 Å². The number of carbonyl (C=O) groups is 2. The fourth-order valence-electron chi connectivity index (χ4n) is 2.25. The molecule has 0 heterocycles. The molecule has 0 aliphatic rings. The molecule has 1 amide bonds. The third kappa shape index (κ3) is 7.17. The molecule has 1 aromatic carbocycles. The third-order valence-electron chi connectivity index (χ3n) is 3.33. The van der Waals surface area contributed by atoms with Crippen molar-refractivity contribution in [1.82, 2.24) is 4.90 Å². The minimum absolute atomic E-state index is 0.0281. The summed E-state index contributed by atoms with van der Waals surface area (Å²) in [6.07, 6.45) is 1.43. The fraction of sp³-hybridized carbons (Fsp3) is 0.556. The fourth-order valence-corrected chi connectivity index (χ4v) is 2.25. The van der Waals surface area contributed by atoms with Gasteiger partial charge in [-0.2, -0.15) is 0 Å². The van der Waals surface area contributed by atoms with Gasteiger partial charge in [0.1, 0.15) is 5.75 Å². The van der Waals surface area contributed by atoms with Gasteiger partial charge in [-0.15, -0.1) is 0 Å². The van der Waals surface area contributed by atoms with Gasteiger partial charge in [-0.25, -0.2) is 0 Å². The maximum absolute atomic E-state index is 12.4. The number of esters is 1. The van der Waals surface area contributed by atoms with Crippen LogP contribution < -0.4 is 4.74 Å². The molecule has 5 heteroatoms. The number of carbonyl (C=O) groups excluding carboxylic acids is 2. The first kappa shape index (κ1) is 19.0. The van der Waals surface area contributed by atoms with Crippen molar-refractivity contribution in [2.45, 2.75) is 40.0 Å². The molecule has 0 atom stereocenters. The largest absolute Gasteiger partial charge is 0.494 e. The molecule has 0 fully saturated rings. The minimum atomic E-state index is -0.262.